The molecule has 0 saturated heterocycles. The molecule has 0 radical (unpaired) electrons. The second kappa shape index (κ2) is 4.52. The number of aromatic nitrogens is 1. The summed E-state index contributed by atoms with van der Waals surface area (Å²) in [5.74, 6) is 0.261. The van der Waals surface area contributed by atoms with Crippen LogP contribution in [0.3, 0.4) is 0 Å². The lowest BCUT2D eigenvalue weighted by molar-refractivity contribution is 0.0981. The van der Waals surface area contributed by atoms with E-state index in [1.165, 1.54) is 0 Å². The first-order valence-electron chi connectivity index (χ1n) is 5.84. The van der Waals surface area contributed by atoms with E-state index in [9.17, 15) is 4.79 Å². The summed E-state index contributed by atoms with van der Waals surface area (Å²) in [5.41, 5.74) is 2.92. The summed E-state index contributed by atoms with van der Waals surface area (Å²) >= 11 is 0. The van der Waals surface area contributed by atoms with Crippen molar-refractivity contribution < 1.29 is 4.79 Å². The van der Waals surface area contributed by atoms with Crippen LogP contribution in [-0.4, -0.2) is 10.8 Å². The summed E-state index contributed by atoms with van der Waals surface area (Å²) < 4.78 is 0. The Morgan fingerprint density at radius 1 is 1.31 bits per heavy atom. The number of Topliss-reactive ketones (excluding diaryl/α,β-unsaturated/α-hetero) is 1. The van der Waals surface area contributed by atoms with Crippen molar-refractivity contribution in [3.8, 4) is 0 Å². The fourth-order valence-corrected chi connectivity index (χ4v) is 2.10. The average Bonchev–Trinajstić information content (AvgIpc) is 2.62. The summed E-state index contributed by atoms with van der Waals surface area (Å²) in [4.78, 5) is 15.3. The molecule has 1 N–H and O–H groups in total. The van der Waals surface area contributed by atoms with E-state index < -0.39 is 0 Å². The summed E-state index contributed by atoms with van der Waals surface area (Å²) in [6.07, 6.45) is 2.68. The maximum Gasteiger partial charge on any atom is 0.165 e. The lowest BCUT2D eigenvalue weighted by atomic mass is 10.0. The number of benzene rings is 1. The van der Waals surface area contributed by atoms with Gasteiger partial charge in [0.2, 0.25) is 0 Å². The van der Waals surface area contributed by atoms with Gasteiger partial charge in [0.1, 0.15) is 0 Å². The van der Waals surface area contributed by atoms with Crippen LogP contribution in [0.2, 0.25) is 0 Å². The number of carbonyl (C=O) groups excluding carboxylic acids is 1. The molecule has 0 saturated carbocycles. The standard InChI is InChI=1S/C14H17NO/c1-3-4-9-13(16)14-10(2)15-12-8-6-5-7-11(12)14/h5-8,15H,3-4,9H2,1-2H3. The lowest BCUT2D eigenvalue weighted by Gasteiger charge is -1.99. The quantitative estimate of drug-likeness (QED) is 0.772. The molecule has 0 atom stereocenters. The normalized spacial score (nSPS) is 10.9. The van der Waals surface area contributed by atoms with Gasteiger partial charge < -0.3 is 4.98 Å². The van der Waals surface area contributed by atoms with Gasteiger partial charge in [-0.25, -0.2) is 0 Å². The predicted molar refractivity (Wildman–Crippen MR) is 66.9 cm³/mol. The van der Waals surface area contributed by atoms with Gasteiger partial charge in [0.15, 0.2) is 5.78 Å². The Kier molecular flexibility index (Phi) is 3.09. The Morgan fingerprint density at radius 3 is 2.81 bits per heavy atom. The number of H-pyrrole nitrogens is 1. The highest BCUT2D eigenvalue weighted by atomic mass is 16.1. The van der Waals surface area contributed by atoms with Gasteiger partial charge in [-0.1, -0.05) is 31.5 Å². The molecular formula is C14H17NO. The highest BCUT2D eigenvalue weighted by Crippen LogP contribution is 2.23. The van der Waals surface area contributed by atoms with E-state index in [-0.39, 0.29) is 5.78 Å². The highest BCUT2D eigenvalue weighted by Gasteiger charge is 2.14. The molecule has 0 aliphatic heterocycles. The van der Waals surface area contributed by atoms with E-state index in [0.29, 0.717) is 6.42 Å². The van der Waals surface area contributed by atoms with E-state index in [1.54, 1.807) is 0 Å². The van der Waals surface area contributed by atoms with Gasteiger partial charge in [0, 0.05) is 28.6 Å². The third kappa shape index (κ3) is 1.87. The molecule has 1 aromatic heterocycles. The van der Waals surface area contributed by atoms with Crippen LogP contribution in [0.1, 0.15) is 42.2 Å². The minimum Gasteiger partial charge on any atom is -0.358 e. The van der Waals surface area contributed by atoms with Gasteiger partial charge in [-0.3, -0.25) is 4.79 Å². The first-order valence-corrected chi connectivity index (χ1v) is 5.84. The molecule has 0 aliphatic carbocycles. The van der Waals surface area contributed by atoms with Crippen molar-refractivity contribution in [3.63, 3.8) is 0 Å². The molecule has 84 valence electrons. The van der Waals surface area contributed by atoms with Crippen molar-refractivity contribution in [2.45, 2.75) is 33.1 Å². The topological polar surface area (TPSA) is 32.9 Å². The van der Waals surface area contributed by atoms with Crippen LogP contribution in [0.15, 0.2) is 24.3 Å². The number of fused-ring (bicyclic) bond motifs is 1. The van der Waals surface area contributed by atoms with E-state index in [0.717, 1.165) is 35.0 Å². The first kappa shape index (κ1) is 10.9. The van der Waals surface area contributed by atoms with Gasteiger partial charge in [0.05, 0.1) is 0 Å². The number of ketones is 1. The number of unbranched alkanes of at least 4 members (excludes halogenated alkanes) is 1. The number of rotatable bonds is 4. The Morgan fingerprint density at radius 2 is 2.06 bits per heavy atom. The Hall–Kier alpha value is -1.57. The van der Waals surface area contributed by atoms with E-state index in [4.69, 9.17) is 0 Å². The number of aromatic amines is 1. The number of hydrogen-bond acceptors (Lipinski definition) is 1. The van der Waals surface area contributed by atoms with Crippen molar-refractivity contribution in [1.82, 2.24) is 4.98 Å². The number of hydrogen-bond donors (Lipinski definition) is 1. The van der Waals surface area contributed by atoms with Crippen LogP contribution in [0.5, 0.6) is 0 Å². The Bertz CT molecular complexity index is 510. The van der Waals surface area contributed by atoms with Crippen LogP contribution in [0.4, 0.5) is 0 Å². The average molecular weight is 215 g/mol. The summed E-state index contributed by atoms with van der Waals surface area (Å²) in [5, 5.41) is 1.06. The summed E-state index contributed by atoms with van der Waals surface area (Å²) in [6, 6.07) is 7.99. The molecule has 16 heavy (non-hydrogen) atoms. The van der Waals surface area contributed by atoms with Crippen LogP contribution in [-0.2, 0) is 0 Å². The second-order valence-electron chi connectivity index (χ2n) is 4.20. The zero-order valence-corrected chi connectivity index (χ0v) is 9.84. The monoisotopic (exact) mass is 215 g/mol. The minimum atomic E-state index is 0.261. The largest absolute Gasteiger partial charge is 0.358 e. The highest BCUT2D eigenvalue weighted by molar-refractivity contribution is 6.09. The number of aryl methyl sites for hydroxylation is 1. The van der Waals surface area contributed by atoms with Gasteiger partial charge in [-0.05, 0) is 19.4 Å². The third-order valence-electron chi connectivity index (χ3n) is 2.93. The minimum absolute atomic E-state index is 0.261. The van der Waals surface area contributed by atoms with Crippen LogP contribution >= 0.6 is 0 Å². The molecule has 0 spiro atoms. The maximum absolute atomic E-state index is 12.1. The molecular weight excluding hydrogens is 198 g/mol. The Balaban J connectivity index is 2.43. The lowest BCUT2D eigenvalue weighted by Crippen LogP contribution is -1.99. The van der Waals surface area contributed by atoms with Crippen molar-refractivity contribution in [2.24, 2.45) is 0 Å². The number of para-hydroxylation sites is 1. The van der Waals surface area contributed by atoms with Crippen LogP contribution in [0, 0.1) is 6.92 Å². The third-order valence-corrected chi connectivity index (χ3v) is 2.93. The summed E-state index contributed by atoms with van der Waals surface area (Å²) in [6.45, 7) is 4.08. The maximum atomic E-state index is 12.1. The molecule has 2 rings (SSSR count). The smallest absolute Gasteiger partial charge is 0.165 e. The van der Waals surface area contributed by atoms with Crippen LogP contribution < -0.4 is 0 Å². The number of carbonyl (C=O) groups is 1. The zero-order valence-electron chi connectivity index (χ0n) is 9.84. The van der Waals surface area contributed by atoms with Crippen LogP contribution in [0.25, 0.3) is 10.9 Å². The van der Waals surface area contributed by atoms with Crippen molar-refractivity contribution in [2.75, 3.05) is 0 Å². The second-order valence-corrected chi connectivity index (χ2v) is 4.20. The molecule has 2 heteroatoms. The van der Waals surface area contributed by atoms with Crippen molar-refractivity contribution >= 4 is 16.7 Å². The molecule has 1 aromatic carbocycles. The fourth-order valence-electron chi connectivity index (χ4n) is 2.10. The molecule has 0 amide bonds. The molecule has 0 unspecified atom stereocenters. The molecule has 1 heterocycles. The molecule has 0 bridgehead atoms. The van der Waals surface area contributed by atoms with Gasteiger partial charge >= 0.3 is 0 Å². The SMILES string of the molecule is CCCCC(=O)c1c(C)[nH]c2ccccc12. The van der Waals surface area contributed by atoms with Gasteiger partial charge in [0.25, 0.3) is 0 Å². The van der Waals surface area contributed by atoms with Crippen molar-refractivity contribution in [1.29, 1.82) is 0 Å². The molecule has 0 fully saturated rings. The summed E-state index contributed by atoms with van der Waals surface area (Å²) in [7, 11) is 0. The van der Waals surface area contributed by atoms with Gasteiger partial charge in [-0.15, -0.1) is 0 Å². The van der Waals surface area contributed by atoms with E-state index in [2.05, 4.69) is 11.9 Å². The van der Waals surface area contributed by atoms with Crippen molar-refractivity contribution in [3.05, 3.63) is 35.5 Å². The van der Waals surface area contributed by atoms with Gasteiger partial charge in [-0.2, -0.15) is 0 Å². The Labute approximate surface area is 95.7 Å². The number of nitrogens with one attached hydrogen (secondary N) is 1. The fraction of sp³-hybridized carbons (Fsp3) is 0.357. The molecule has 2 aromatic rings. The molecule has 0 aliphatic rings. The predicted octanol–water partition coefficient (Wildman–Crippen LogP) is 3.85. The van der Waals surface area contributed by atoms with E-state index >= 15 is 0 Å². The zero-order chi connectivity index (χ0) is 11.5. The molecule has 2 nitrogen and oxygen atoms in total. The van der Waals surface area contributed by atoms with E-state index in [1.807, 2.05) is 31.2 Å². The first-order chi connectivity index (χ1) is 7.74.